The Bertz CT molecular complexity index is 225. The summed E-state index contributed by atoms with van der Waals surface area (Å²) >= 11 is 0. The molecule has 0 aliphatic carbocycles. The van der Waals surface area contributed by atoms with Crippen LogP contribution in [0.5, 0.6) is 0 Å². The molecule has 0 aromatic heterocycles. The fourth-order valence-corrected chi connectivity index (χ4v) is 2.40. The van der Waals surface area contributed by atoms with Crippen LogP contribution in [-0.2, 0) is 4.79 Å². The minimum Gasteiger partial charge on any atom is -0.389 e. The number of unbranched alkanes of at least 4 members (excludes halogenated alkanes) is 8. The topological polar surface area (TPSA) is 40.5 Å². The molecule has 3 nitrogen and oxygen atoms in total. The van der Waals surface area contributed by atoms with Gasteiger partial charge < -0.3 is 10.0 Å². The summed E-state index contributed by atoms with van der Waals surface area (Å²) in [6.45, 7) is 3.35. The Morgan fingerprint density at radius 2 is 1.50 bits per heavy atom. The summed E-state index contributed by atoms with van der Waals surface area (Å²) in [5, 5.41) is 9.10. The van der Waals surface area contributed by atoms with Gasteiger partial charge in [-0.1, -0.05) is 58.3 Å². The third-order valence-electron chi connectivity index (χ3n) is 3.71. The maximum absolute atomic E-state index is 11.6. The fraction of sp³-hybridized carbons (Fsp3) is 0.933. The third-order valence-corrected chi connectivity index (χ3v) is 3.71. The molecule has 0 unspecified atom stereocenters. The van der Waals surface area contributed by atoms with E-state index in [1.807, 2.05) is 0 Å². The van der Waals surface area contributed by atoms with E-state index in [9.17, 15) is 4.79 Å². The van der Waals surface area contributed by atoms with Crippen LogP contribution >= 0.6 is 0 Å². The third kappa shape index (κ3) is 6.39. The number of nitrogens with zero attached hydrogens (tertiary/aromatic N) is 1. The predicted octanol–water partition coefficient (Wildman–Crippen LogP) is 3.11. The number of carbonyl (C=O) groups is 1. The van der Waals surface area contributed by atoms with Crippen molar-refractivity contribution in [1.29, 1.82) is 0 Å². The molecule has 3 heteroatoms. The average Bonchev–Trinajstić information content (AvgIpc) is 2.32. The second-order valence-corrected chi connectivity index (χ2v) is 5.53. The van der Waals surface area contributed by atoms with Crippen molar-refractivity contribution >= 4 is 5.91 Å². The Hall–Kier alpha value is -0.570. The van der Waals surface area contributed by atoms with E-state index in [0.717, 1.165) is 6.42 Å². The highest BCUT2D eigenvalue weighted by Gasteiger charge is 2.27. The molecule has 1 amide bonds. The van der Waals surface area contributed by atoms with E-state index in [1.165, 1.54) is 51.4 Å². The van der Waals surface area contributed by atoms with E-state index in [0.29, 0.717) is 19.5 Å². The first-order chi connectivity index (χ1) is 8.74. The Morgan fingerprint density at radius 3 is 2.00 bits per heavy atom. The van der Waals surface area contributed by atoms with Crippen molar-refractivity contribution in [2.24, 2.45) is 0 Å². The summed E-state index contributed by atoms with van der Waals surface area (Å²) in [6.07, 6.45) is 12.0. The van der Waals surface area contributed by atoms with Crippen LogP contribution in [0.1, 0.15) is 71.1 Å². The molecule has 1 saturated heterocycles. The lowest BCUT2D eigenvalue weighted by molar-refractivity contribution is -0.141. The van der Waals surface area contributed by atoms with Crippen molar-refractivity contribution in [3.63, 3.8) is 0 Å². The van der Waals surface area contributed by atoms with Gasteiger partial charge >= 0.3 is 0 Å². The standard InChI is InChI=1S/C15H29NO2/c1-2-3-4-5-6-7-8-9-10-11-15(18)16-12-14(17)13-16/h14,17H,2-13H2,1H3. The van der Waals surface area contributed by atoms with Crippen LogP contribution in [0, 0.1) is 0 Å². The van der Waals surface area contributed by atoms with Crippen LogP contribution in [0.15, 0.2) is 0 Å². The second kappa shape index (κ2) is 9.37. The number of aliphatic hydroxyl groups excluding tert-OH is 1. The zero-order valence-corrected chi connectivity index (χ0v) is 11.9. The van der Waals surface area contributed by atoms with Gasteiger partial charge in [0.1, 0.15) is 0 Å². The molecule has 106 valence electrons. The van der Waals surface area contributed by atoms with Crippen molar-refractivity contribution in [2.45, 2.75) is 77.2 Å². The lowest BCUT2D eigenvalue weighted by atomic mass is 10.1. The smallest absolute Gasteiger partial charge is 0.222 e. The summed E-state index contributed by atoms with van der Waals surface area (Å²) in [6, 6.07) is 0. The van der Waals surface area contributed by atoms with Crippen molar-refractivity contribution in [3.8, 4) is 0 Å². The Labute approximate surface area is 112 Å². The molecule has 0 radical (unpaired) electrons. The van der Waals surface area contributed by atoms with E-state index >= 15 is 0 Å². The summed E-state index contributed by atoms with van der Waals surface area (Å²) in [5.41, 5.74) is 0. The first-order valence-electron chi connectivity index (χ1n) is 7.70. The van der Waals surface area contributed by atoms with Gasteiger partial charge in [-0.05, 0) is 6.42 Å². The molecule has 1 aliphatic heterocycles. The van der Waals surface area contributed by atoms with Crippen LogP contribution in [-0.4, -0.2) is 35.1 Å². The van der Waals surface area contributed by atoms with Gasteiger partial charge in [-0.3, -0.25) is 4.79 Å². The first-order valence-corrected chi connectivity index (χ1v) is 7.70. The zero-order valence-electron chi connectivity index (χ0n) is 11.9. The second-order valence-electron chi connectivity index (χ2n) is 5.53. The molecule has 1 aliphatic rings. The number of carbonyl (C=O) groups excluding carboxylic acids is 1. The quantitative estimate of drug-likeness (QED) is 0.609. The molecule has 0 aromatic carbocycles. The van der Waals surface area contributed by atoms with Crippen molar-refractivity contribution in [1.82, 2.24) is 4.90 Å². The van der Waals surface area contributed by atoms with Crippen molar-refractivity contribution in [2.75, 3.05) is 13.1 Å². The molecule has 18 heavy (non-hydrogen) atoms. The molecule has 0 bridgehead atoms. The van der Waals surface area contributed by atoms with Crippen molar-refractivity contribution in [3.05, 3.63) is 0 Å². The monoisotopic (exact) mass is 255 g/mol. The Morgan fingerprint density at radius 1 is 1.00 bits per heavy atom. The molecular weight excluding hydrogens is 226 g/mol. The number of β-amino-alcohol motifs (C(OH)–C–C–N with tert-alkyl or cyclic N) is 1. The summed E-state index contributed by atoms with van der Waals surface area (Å²) in [5.74, 6) is 0.225. The molecule has 1 fully saturated rings. The largest absolute Gasteiger partial charge is 0.389 e. The fourth-order valence-electron chi connectivity index (χ4n) is 2.40. The van der Waals surface area contributed by atoms with Crippen LogP contribution in [0.25, 0.3) is 0 Å². The lowest BCUT2D eigenvalue weighted by Crippen LogP contribution is -2.53. The average molecular weight is 255 g/mol. The highest BCUT2D eigenvalue weighted by molar-refractivity contribution is 5.77. The molecule has 0 saturated carbocycles. The van der Waals surface area contributed by atoms with Crippen LogP contribution in [0.4, 0.5) is 0 Å². The van der Waals surface area contributed by atoms with E-state index in [2.05, 4.69) is 6.92 Å². The molecule has 0 spiro atoms. The normalized spacial score (nSPS) is 15.8. The van der Waals surface area contributed by atoms with Crippen LogP contribution < -0.4 is 0 Å². The van der Waals surface area contributed by atoms with Gasteiger partial charge in [0.05, 0.1) is 6.10 Å². The molecule has 1 rings (SSSR count). The summed E-state index contributed by atoms with van der Waals surface area (Å²) in [4.78, 5) is 13.4. The molecule has 1 N–H and O–H groups in total. The van der Waals surface area contributed by atoms with Gasteiger partial charge in [-0.2, -0.15) is 0 Å². The van der Waals surface area contributed by atoms with Gasteiger partial charge in [0, 0.05) is 19.5 Å². The highest BCUT2D eigenvalue weighted by Crippen LogP contribution is 2.13. The van der Waals surface area contributed by atoms with Crippen molar-refractivity contribution < 1.29 is 9.90 Å². The number of hydrogen-bond acceptors (Lipinski definition) is 2. The zero-order chi connectivity index (χ0) is 13.2. The van der Waals surface area contributed by atoms with Crippen LogP contribution in [0.2, 0.25) is 0 Å². The number of hydrogen-bond donors (Lipinski definition) is 1. The highest BCUT2D eigenvalue weighted by atomic mass is 16.3. The Kier molecular flexibility index (Phi) is 8.06. The molecular formula is C15H29NO2. The Balaban J connectivity index is 1.79. The van der Waals surface area contributed by atoms with E-state index in [1.54, 1.807) is 4.90 Å². The first kappa shape index (κ1) is 15.5. The lowest BCUT2D eigenvalue weighted by Gasteiger charge is -2.35. The maximum atomic E-state index is 11.6. The van der Waals surface area contributed by atoms with E-state index in [4.69, 9.17) is 5.11 Å². The molecule has 0 atom stereocenters. The predicted molar refractivity (Wildman–Crippen MR) is 74.4 cm³/mol. The van der Waals surface area contributed by atoms with E-state index < -0.39 is 0 Å². The number of rotatable bonds is 10. The summed E-state index contributed by atoms with van der Waals surface area (Å²) in [7, 11) is 0. The molecule has 0 aromatic rings. The van der Waals surface area contributed by atoms with Gasteiger partial charge in [-0.15, -0.1) is 0 Å². The van der Waals surface area contributed by atoms with Gasteiger partial charge in [0.15, 0.2) is 0 Å². The van der Waals surface area contributed by atoms with Gasteiger partial charge in [-0.25, -0.2) is 0 Å². The maximum Gasteiger partial charge on any atom is 0.222 e. The van der Waals surface area contributed by atoms with Gasteiger partial charge in [0.25, 0.3) is 0 Å². The molecule has 1 heterocycles. The SMILES string of the molecule is CCCCCCCCCCCC(=O)N1CC(O)C1. The minimum atomic E-state index is -0.267. The number of likely N-dealkylation sites (tertiary alicyclic amines) is 1. The van der Waals surface area contributed by atoms with E-state index in [-0.39, 0.29) is 12.0 Å². The minimum absolute atomic E-state index is 0.225. The van der Waals surface area contributed by atoms with Crippen LogP contribution in [0.3, 0.4) is 0 Å². The number of amides is 1. The number of aliphatic hydroxyl groups is 1. The summed E-state index contributed by atoms with van der Waals surface area (Å²) < 4.78 is 0. The van der Waals surface area contributed by atoms with Gasteiger partial charge in [0.2, 0.25) is 5.91 Å².